The van der Waals surface area contributed by atoms with Crippen molar-refractivity contribution in [1.29, 1.82) is 0 Å². The molecular formula is C20H39ClN6O4. The Morgan fingerprint density at radius 3 is 2.42 bits per heavy atom. The molecule has 1 saturated heterocycles. The Bertz CT molecular complexity index is 596. The van der Waals surface area contributed by atoms with Crippen LogP contribution in [0.25, 0.3) is 0 Å². The van der Waals surface area contributed by atoms with E-state index in [9.17, 15) is 14.4 Å². The van der Waals surface area contributed by atoms with Crippen molar-refractivity contribution in [2.24, 2.45) is 28.1 Å². The molecule has 3 atom stereocenters. The molecule has 10 nitrogen and oxygen atoms in total. The highest BCUT2D eigenvalue weighted by molar-refractivity contribution is 5.91. The number of amides is 2. The van der Waals surface area contributed by atoms with E-state index in [4.69, 9.17) is 17.2 Å². The molecule has 0 aromatic carbocycles. The van der Waals surface area contributed by atoms with Crippen molar-refractivity contribution >= 4 is 36.5 Å². The third-order valence-corrected chi connectivity index (χ3v) is 5.93. The van der Waals surface area contributed by atoms with E-state index < -0.39 is 18.1 Å². The number of hydrogen-bond donors (Lipinski definition) is 4. The topological polar surface area (TPSA) is 188 Å². The zero-order valence-corrected chi connectivity index (χ0v) is 18.9. The van der Waals surface area contributed by atoms with Crippen LogP contribution < -0.4 is 22.5 Å². The van der Waals surface area contributed by atoms with Crippen LogP contribution in [0.4, 0.5) is 0 Å². The summed E-state index contributed by atoms with van der Waals surface area (Å²) in [6, 6.07) is -1.74. The number of halogens is 1. The monoisotopic (exact) mass is 462 g/mol. The minimum atomic E-state index is -0.620. The molecule has 9 N–H and O–H groups in total. The summed E-state index contributed by atoms with van der Waals surface area (Å²) in [7, 11) is 0. The lowest BCUT2D eigenvalue weighted by atomic mass is 9.84. The second-order valence-corrected chi connectivity index (χ2v) is 8.24. The van der Waals surface area contributed by atoms with E-state index in [0.717, 1.165) is 19.3 Å². The molecule has 1 saturated carbocycles. The van der Waals surface area contributed by atoms with Crippen LogP contribution in [0.1, 0.15) is 64.2 Å². The normalized spacial score (nSPS) is 20.5. The number of guanidine groups is 1. The van der Waals surface area contributed by atoms with Crippen LogP contribution in [-0.4, -0.2) is 65.7 Å². The quantitative estimate of drug-likeness (QED) is 0.148. The SMILES string of the molecule is Cl.NC(N)=NCCC[C@@H](C=O)NC(=O)[C@@H]1CCCN1C(=O)[C@H](N)CC1CCCCC1.O. The van der Waals surface area contributed by atoms with Crippen molar-refractivity contribution in [3.63, 3.8) is 0 Å². The van der Waals surface area contributed by atoms with E-state index in [1.165, 1.54) is 19.3 Å². The van der Waals surface area contributed by atoms with Crippen LogP contribution in [0.3, 0.4) is 0 Å². The number of carbonyl (C=O) groups is 3. The highest BCUT2D eigenvalue weighted by Gasteiger charge is 2.37. The minimum absolute atomic E-state index is 0. The number of aldehydes is 1. The summed E-state index contributed by atoms with van der Waals surface area (Å²) < 4.78 is 0. The molecule has 2 aliphatic rings. The molecule has 2 fully saturated rings. The van der Waals surface area contributed by atoms with E-state index in [-0.39, 0.29) is 35.7 Å². The first kappa shape index (κ1) is 29.1. The largest absolute Gasteiger partial charge is 0.412 e. The second-order valence-electron chi connectivity index (χ2n) is 8.24. The van der Waals surface area contributed by atoms with Crippen LogP contribution in [-0.2, 0) is 14.4 Å². The molecule has 0 radical (unpaired) electrons. The van der Waals surface area contributed by atoms with E-state index >= 15 is 0 Å². The van der Waals surface area contributed by atoms with E-state index in [1.54, 1.807) is 4.90 Å². The first-order valence-corrected chi connectivity index (χ1v) is 10.8. The summed E-state index contributed by atoms with van der Waals surface area (Å²) in [5.74, 6) is 0.0619. The van der Waals surface area contributed by atoms with Crippen molar-refractivity contribution in [2.45, 2.75) is 82.3 Å². The molecule has 0 aromatic rings. The van der Waals surface area contributed by atoms with Gasteiger partial charge in [0.1, 0.15) is 12.3 Å². The first-order chi connectivity index (χ1) is 13.9. The number of nitrogens with zero attached hydrogens (tertiary/aromatic N) is 2. The van der Waals surface area contributed by atoms with Gasteiger partial charge in [0.2, 0.25) is 11.8 Å². The molecule has 1 aliphatic heterocycles. The third kappa shape index (κ3) is 9.40. The van der Waals surface area contributed by atoms with Crippen molar-refractivity contribution in [3.05, 3.63) is 0 Å². The molecule has 2 rings (SSSR count). The second kappa shape index (κ2) is 15.0. The smallest absolute Gasteiger partial charge is 0.243 e. The van der Waals surface area contributed by atoms with Crippen molar-refractivity contribution in [1.82, 2.24) is 10.2 Å². The Labute approximate surface area is 190 Å². The van der Waals surface area contributed by atoms with Gasteiger partial charge >= 0.3 is 0 Å². The Morgan fingerprint density at radius 2 is 1.81 bits per heavy atom. The fourth-order valence-electron chi connectivity index (χ4n) is 4.37. The fraction of sp³-hybridized carbons (Fsp3) is 0.800. The average molecular weight is 463 g/mol. The fourth-order valence-corrected chi connectivity index (χ4v) is 4.37. The molecule has 0 aromatic heterocycles. The van der Waals surface area contributed by atoms with Crippen LogP contribution in [0, 0.1) is 5.92 Å². The Morgan fingerprint density at radius 1 is 1.13 bits per heavy atom. The van der Waals surface area contributed by atoms with E-state index in [1.807, 2.05) is 0 Å². The number of nitrogens with two attached hydrogens (primary N) is 3. The molecule has 0 unspecified atom stereocenters. The lowest BCUT2D eigenvalue weighted by Crippen LogP contribution is -2.53. The maximum absolute atomic E-state index is 12.9. The van der Waals surface area contributed by atoms with Gasteiger partial charge in [-0.2, -0.15) is 0 Å². The summed E-state index contributed by atoms with van der Waals surface area (Å²) in [5.41, 5.74) is 16.8. The summed E-state index contributed by atoms with van der Waals surface area (Å²) in [6.45, 7) is 0.929. The first-order valence-electron chi connectivity index (χ1n) is 10.8. The van der Waals surface area contributed by atoms with Gasteiger partial charge in [0.15, 0.2) is 5.96 Å². The van der Waals surface area contributed by atoms with Crippen LogP contribution in [0.15, 0.2) is 4.99 Å². The van der Waals surface area contributed by atoms with Crippen LogP contribution >= 0.6 is 12.4 Å². The minimum Gasteiger partial charge on any atom is -0.412 e. The summed E-state index contributed by atoms with van der Waals surface area (Å²) >= 11 is 0. The molecule has 1 heterocycles. The maximum atomic E-state index is 12.9. The van der Waals surface area contributed by atoms with Gasteiger partial charge in [-0.15, -0.1) is 12.4 Å². The number of nitrogens with one attached hydrogen (secondary N) is 1. The highest BCUT2D eigenvalue weighted by Crippen LogP contribution is 2.28. The predicted molar refractivity (Wildman–Crippen MR) is 123 cm³/mol. The van der Waals surface area contributed by atoms with Crippen LogP contribution in [0.5, 0.6) is 0 Å². The van der Waals surface area contributed by atoms with Crippen molar-refractivity contribution in [3.8, 4) is 0 Å². The van der Waals surface area contributed by atoms with Gasteiger partial charge in [-0.1, -0.05) is 32.1 Å². The van der Waals surface area contributed by atoms with Crippen molar-refractivity contribution in [2.75, 3.05) is 13.1 Å². The molecular weight excluding hydrogens is 424 g/mol. The standard InChI is InChI=1S/C20H36N6O3.ClH.H2O/c21-16(12-14-6-2-1-3-7-14)19(29)26-11-5-9-17(26)18(28)25-15(13-27)8-4-10-24-20(22)23;;/h13-17H,1-12,21H2,(H,25,28)(H4,22,23,24);1H;1H2/t15-,16+,17-;;/m0../s1. The molecule has 1 aliphatic carbocycles. The molecule has 180 valence electrons. The Balaban J connectivity index is 0.00000450. The number of likely N-dealkylation sites (tertiary alicyclic amines) is 1. The van der Waals surface area contributed by atoms with Gasteiger partial charge in [0, 0.05) is 13.1 Å². The maximum Gasteiger partial charge on any atom is 0.243 e. The number of hydrogen-bond acceptors (Lipinski definition) is 5. The van der Waals surface area contributed by atoms with Gasteiger partial charge in [-0.3, -0.25) is 14.6 Å². The number of aliphatic imine (C=N–C) groups is 1. The third-order valence-electron chi connectivity index (χ3n) is 5.93. The van der Waals surface area contributed by atoms with Crippen molar-refractivity contribution < 1.29 is 19.9 Å². The van der Waals surface area contributed by atoms with Gasteiger partial charge in [-0.05, 0) is 38.0 Å². The molecule has 2 amide bonds. The van der Waals surface area contributed by atoms with Gasteiger partial charge in [-0.25, -0.2) is 0 Å². The lowest BCUT2D eigenvalue weighted by Gasteiger charge is -2.30. The zero-order valence-electron chi connectivity index (χ0n) is 18.1. The van der Waals surface area contributed by atoms with E-state index in [0.29, 0.717) is 51.0 Å². The molecule has 11 heteroatoms. The van der Waals surface area contributed by atoms with Crippen LogP contribution in [0.2, 0.25) is 0 Å². The summed E-state index contributed by atoms with van der Waals surface area (Å²) in [4.78, 5) is 42.4. The Hall–Kier alpha value is -1.91. The van der Waals surface area contributed by atoms with Gasteiger partial charge in [0.25, 0.3) is 0 Å². The number of rotatable bonds is 10. The molecule has 0 spiro atoms. The molecule has 31 heavy (non-hydrogen) atoms. The molecule has 0 bridgehead atoms. The van der Waals surface area contributed by atoms with Gasteiger partial charge < -0.3 is 37.7 Å². The van der Waals surface area contributed by atoms with Gasteiger partial charge in [0.05, 0.1) is 12.1 Å². The average Bonchev–Trinajstić information content (AvgIpc) is 3.20. The highest BCUT2D eigenvalue weighted by atomic mass is 35.5. The predicted octanol–water partition coefficient (Wildman–Crippen LogP) is -0.390. The zero-order chi connectivity index (χ0) is 21.2. The summed E-state index contributed by atoms with van der Waals surface area (Å²) in [5, 5.41) is 2.75. The number of carbonyl (C=O) groups excluding carboxylic acids is 3. The Kier molecular flexibility index (Phi) is 14.1. The van der Waals surface area contributed by atoms with E-state index in [2.05, 4.69) is 10.3 Å². The lowest BCUT2D eigenvalue weighted by molar-refractivity contribution is -0.140. The summed E-state index contributed by atoms with van der Waals surface area (Å²) in [6.07, 6.45) is 9.69.